The second kappa shape index (κ2) is 5.80. The first-order chi connectivity index (χ1) is 11.7. The Kier molecular flexibility index (Phi) is 3.90. The summed E-state index contributed by atoms with van der Waals surface area (Å²) in [7, 11) is 3.71. The molecule has 1 aromatic heterocycles. The van der Waals surface area contributed by atoms with Crippen molar-refractivity contribution >= 4 is 17.6 Å². The first-order valence-corrected chi connectivity index (χ1v) is 7.20. The van der Waals surface area contributed by atoms with Crippen LogP contribution in [0.15, 0.2) is 36.0 Å². The number of alkyl halides is 3. The zero-order valence-corrected chi connectivity index (χ0v) is 13.2. The Hall–Kier alpha value is -3.04. The van der Waals surface area contributed by atoms with Crippen molar-refractivity contribution in [2.24, 2.45) is 0 Å². The van der Waals surface area contributed by atoms with E-state index in [0.29, 0.717) is 5.56 Å². The van der Waals surface area contributed by atoms with Gasteiger partial charge in [-0.05, 0) is 23.8 Å². The van der Waals surface area contributed by atoms with Crippen molar-refractivity contribution in [3.63, 3.8) is 0 Å². The van der Waals surface area contributed by atoms with Crippen LogP contribution in [0.4, 0.5) is 24.8 Å². The largest absolute Gasteiger partial charge is 0.477 e. The molecule has 1 atom stereocenters. The molecule has 2 aromatic rings. The van der Waals surface area contributed by atoms with Crippen LogP contribution in [0.2, 0.25) is 0 Å². The lowest BCUT2D eigenvalue weighted by molar-refractivity contribution is -0.145. The molecule has 132 valence electrons. The van der Waals surface area contributed by atoms with Gasteiger partial charge in [-0.15, -0.1) is 5.10 Å². The number of hydrogen-bond acceptors (Lipinski definition) is 5. The molecule has 1 aromatic carbocycles. The Morgan fingerprint density at radius 3 is 2.44 bits per heavy atom. The summed E-state index contributed by atoms with van der Waals surface area (Å²) in [6.07, 6.45) is -3.43. The van der Waals surface area contributed by atoms with Crippen molar-refractivity contribution in [3.05, 3.63) is 47.4 Å². The van der Waals surface area contributed by atoms with Gasteiger partial charge in [0.05, 0.1) is 0 Å². The molecule has 0 amide bonds. The Morgan fingerprint density at radius 1 is 1.28 bits per heavy atom. The van der Waals surface area contributed by atoms with Gasteiger partial charge in [-0.25, -0.2) is 9.48 Å². The molecule has 0 aliphatic carbocycles. The van der Waals surface area contributed by atoms with Crippen molar-refractivity contribution in [3.8, 4) is 0 Å². The highest BCUT2D eigenvalue weighted by atomic mass is 19.4. The van der Waals surface area contributed by atoms with E-state index < -0.39 is 24.0 Å². The van der Waals surface area contributed by atoms with Gasteiger partial charge < -0.3 is 15.3 Å². The minimum Gasteiger partial charge on any atom is -0.477 e. The Bertz CT molecular complexity index is 840. The number of carboxylic acids is 1. The quantitative estimate of drug-likeness (QED) is 0.881. The predicted octanol–water partition coefficient (Wildman–Crippen LogP) is 2.35. The van der Waals surface area contributed by atoms with Crippen LogP contribution in [-0.4, -0.2) is 39.9 Å². The third-order valence-electron chi connectivity index (χ3n) is 3.70. The average molecular weight is 353 g/mol. The van der Waals surface area contributed by atoms with Gasteiger partial charge in [0.2, 0.25) is 5.95 Å². The van der Waals surface area contributed by atoms with Crippen LogP contribution in [0.25, 0.3) is 0 Å². The second-order valence-electron chi connectivity index (χ2n) is 5.64. The normalized spacial score (nSPS) is 16.7. The maximum Gasteiger partial charge on any atom is 0.453 e. The monoisotopic (exact) mass is 353 g/mol. The molecule has 3 rings (SSSR count). The molecule has 25 heavy (non-hydrogen) atoms. The summed E-state index contributed by atoms with van der Waals surface area (Å²) in [6.45, 7) is 0. The summed E-state index contributed by atoms with van der Waals surface area (Å²) in [5.74, 6) is -2.89. The Balaban J connectivity index is 2.08. The third-order valence-corrected chi connectivity index (χ3v) is 3.70. The van der Waals surface area contributed by atoms with Crippen molar-refractivity contribution in [1.82, 2.24) is 14.8 Å². The number of benzene rings is 1. The van der Waals surface area contributed by atoms with Crippen LogP contribution >= 0.6 is 0 Å². The second-order valence-corrected chi connectivity index (χ2v) is 5.64. The number of fused-ring (bicyclic) bond motifs is 1. The molecule has 1 aliphatic rings. The van der Waals surface area contributed by atoms with Gasteiger partial charge in [0.1, 0.15) is 11.7 Å². The molecule has 2 heterocycles. The van der Waals surface area contributed by atoms with E-state index >= 15 is 0 Å². The zero-order chi connectivity index (χ0) is 18.4. The molecule has 1 aliphatic heterocycles. The fraction of sp³-hybridized carbons (Fsp3) is 0.267. The Labute approximate surface area is 140 Å². The van der Waals surface area contributed by atoms with Crippen molar-refractivity contribution in [2.75, 3.05) is 24.3 Å². The lowest BCUT2D eigenvalue weighted by Crippen LogP contribution is -2.24. The fourth-order valence-electron chi connectivity index (χ4n) is 2.44. The summed E-state index contributed by atoms with van der Waals surface area (Å²) < 4.78 is 39.7. The number of nitrogens with zero attached hydrogens (tertiary/aromatic N) is 4. The highest BCUT2D eigenvalue weighted by Gasteiger charge is 2.39. The van der Waals surface area contributed by atoms with E-state index in [2.05, 4.69) is 15.4 Å². The minimum atomic E-state index is -4.73. The van der Waals surface area contributed by atoms with Gasteiger partial charge in [0, 0.05) is 19.8 Å². The number of hydrogen-bond donors (Lipinski definition) is 2. The first-order valence-electron chi connectivity index (χ1n) is 7.20. The highest BCUT2D eigenvalue weighted by Crippen LogP contribution is 2.33. The number of carbonyl (C=O) groups is 1. The summed E-state index contributed by atoms with van der Waals surface area (Å²) >= 11 is 0. The van der Waals surface area contributed by atoms with Crippen LogP contribution in [0, 0.1) is 0 Å². The maximum atomic E-state index is 12.9. The van der Waals surface area contributed by atoms with Crippen molar-refractivity contribution < 1.29 is 23.1 Å². The number of anilines is 2. The molecule has 2 N–H and O–H groups in total. The lowest BCUT2D eigenvalue weighted by atomic mass is 10.0. The van der Waals surface area contributed by atoms with Crippen LogP contribution < -0.4 is 10.2 Å². The van der Waals surface area contributed by atoms with Gasteiger partial charge in [0.15, 0.2) is 0 Å². The molecular formula is C15H14F3N5O2. The SMILES string of the molecule is CN(C)c1ccc([C@H]2C=C(C(=O)O)Nc3nc(C(F)(F)F)nn32)cc1. The zero-order valence-electron chi connectivity index (χ0n) is 13.2. The molecule has 0 bridgehead atoms. The van der Waals surface area contributed by atoms with E-state index in [-0.39, 0.29) is 11.6 Å². The van der Waals surface area contributed by atoms with E-state index in [4.69, 9.17) is 0 Å². The number of aromatic nitrogens is 3. The standard InChI is InChI=1S/C15H14F3N5O2/c1-22(2)9-5-3-8(4-6-9)11-7-10(12(24)25)19-14-20-13(15(16,17)18)21-23(11)14/h3-7,11H,1-2H3,(H,24,25)(H,19,20,21)/t11-/m1/s1. The number of rotatable bonds is 3. The molecule has 0 radical (unpaired) electrons. The van der Waals surface area contributed by atoms with Gasteiger partial charge in [0.25, 0.3) is 5.82 Å². The predicted molar refractivity (Wildman–Crippen MR) is 83.3 cm³/mol. The van der Waals surface area contributed by atoms with Crippen LogP contribution in [0.1, 0.15) is 17.4 Å². The topological polar surface area (TPSA) is 83.3 Å². The molecule has 0 fully saturated rings. The number of carboxylic acid groups (broad SMARTS) is 1. The van der Waals surface area contributed by atoms with Crippen molar-refractivity contribution in [1.29, 1.82) is 0 Å². The summed E-state index contributed by atoms with van der Waals surface area (Å²) in [4.78, 5) is 16.5. The lowest BCUT2D eigenvalue weighted by Gasteiger charge is -2.23. The molecule has 0 saturated carbocycles. The number of nitrogens with one attached hydrogen (secondary N) is 1. The number of allylic oxidation sites excluding steroid dienone is 1. The maximum absolute atomic E-state index is 12.9. The third kappa shape index (κ3) is 3.14. The van der Waals surface area contributed by atoms with Crippen LogP contribution in [0.5, 0.6) is 0 Å². The molecule has 7 nitrogen and oxygen atoms in total. The average Bonchev–Trinajstić information content (AvgIpc) is 2.98. The van der Waals surface area contributed by atoms with E-state index in [9.17, 15) is 23.1 Å². The number of halogens is 3. The van der Waals surface area contributed by atoms with Gasteiger partial charge in [-0.1, -0.05) is 12.1 Å². The van der Waals surface area contributed by atoms with Gasteiger partial charge >= 0.3 is 12.1 Å². The summed E-state index contributed by atoms with van der Waals surface area (Å²) in [5, 5.41) is 15.1. The smallest absolute Gasteiger partial charge is 0.453 e. The molecule has 10 heteroatoms. The van der Waals surface area contributed by atoms with E-state index in [1.165, 1.54) is 6.08 Å². The molecule has 0 saturated heterocycles. The Morgan fingerprint density at radius 2 is 1.92 bits per heavy atom. The molecular weight excluding hydrogens is 339 g/mol. The fourth-order valence-corrected chi connectivity index (χ4v) is 2.44. The summed E-state index contributed by atoms with van der Waals surface area (Å²) in [6, 6.07) is 6.17. The van der Waals surface area contributed by atoms with E-state index in [1.54, 1.807) is 24.3 Å². The molecule has 0 unspecified atom stereocenters. The van der Waals surface area contributed by atoms with Crippen LogP contribution in [0.3, 0.4) is 0 Å². The van der Waals surface area contributed by atoms with Crippen molar-refractivity contribution in [2.45, 2.75) is 12.2 Å². The number of aliphatic carboxylic acids is 1. The molecule has 0 spiro atoms. The first kappa shape index (κ1) is 16.8. The minimum absolute atomic E-state index is 0.254. The van der Waals surface area contributed by atoms with E-state index in [1.807, 2.05) is 19.0 Å². The van der Waals surface area contributed by atoms with Gasteiger partial charge in [-0.3, -0.25) is 0 Å². The van der Waals surface area contributed by atoms with Crippen LogP contribution in [-0.2, 0) is 11.0 Å². The highest BCUT2D eigenvalue weighted by molar-refractivity contribution is 5.90. The van der Waals surface area contributed by atoms with Gasteiger partial charge in [-0.2, -0.15) is 18.2 Å². The van der Waals surface area contributed by atoms with E-state index in [0.717, 1.165) is 10.4 Å². The summed E-state index contributed by atoms with van der Waals surface area (Å²) in [5.41, 5.74) is 1.23.